The van der Waals surface area contributed by atoms with Crippen LogP contribution in [0.5, 0.6) is 5.75 Å². The second-order valence-electron chi connectivity index (χ2n) is 6.59. The maximum absolute atomic E-state index is 12.8. The molecule has 2 aromatic rings. The molecule has 0 aliphatic carbocycles. The van der Waals surface area contributed by atoms with Crippen LogP contribution in [-0.2, 0) is 14.8 Å². The average Bonchev–Trinajstić information content (AvgIpc) is 2.76. The molecule has 12 heteroatoms. The molecule has 2 amide bonds. The zero-order valence-electron chi connectivity index (χ0n) is 17.8. The van der Waals surface area contributed by atoms with E-state index in [0.29, 0.717) is 5.56 Å². The molecule has 0 unspecified atom stereocenters. The lowest BCUT2D eigenvalue weighted by Gasteiger charge is -2.20. The molecule has 0 radical (unpaired) electrons. The highest BCUT2D eigenvalue weighted by Gasteiger charge is 2.25. The Balaban J connectivity index is 2.04. The topological polar surface area (TPSA) is 148 Å². The average molecular weight is 465 g/mol. The van der Waals surface area contributed by atoms with Crippen molar-refractivity contribution in [1.82, 2.24) is 15.2 Å². The summed E-state index contributed by atoms with van der Waals surface area (Å²) in [6.45, 7) is 5.04. The number of ether oxygens (including phenoxy) is 1. The molecule has 0 saturated carbocycles. The molecule has 172 valence electrons. The normalized spacial score (nSPS) is 11.1. The Morgan fingerprint density at radius 3 is 2.38 bits per heavy atom. The van der Waals surface area contributed by atoms with E-state index in [1.54, 1.807) is 20.8 Å². The minimum atomic E-state index is -3.78. The van der Waals surface area contributed by atoms with Crippen LogP contribution < -0.4 is 15.6 Å². The van der Waals surface area contributed by atoms with Gasteiger partial charge in [-0.25, -0.2) is 8.42 Å². The second kappa shape index (κ2) is 10.7. The van der Waals surface area contributed by atoms with E-state index in [-0.39, 0.29) is 35.0 Å². The molecule has 0 saturated heterocycles. The van der Waals surface area contributed by atoms with Crippen LogP contribution in [0.15, 0.2) is 47.4 Å². The Kier molecular flexibility index (Phi) is 8.27. The fourth-order valence-electron chi connectivity index (χ4n) is 2.83. The number of nitro groups is 1. The molecule has 0 atom stereocenters. The maximum atomic E-state index is 12.8. The molecule has 0 spiro atoms. The van der Waals surface area contributed by atoms with Gasteiger partial charge in [0.05, 0.1) is 9.82 Å². The van der Waals surface area contributed by atoms with Crippen molar-refractivity contribution >= 4 is 27.5 Å². The lowest BCUT2D eigenvalue weighted by molar-refractivity contribution is -0.385. The van der Waals surface area contributed by atoms with Crippen LogP contribution in [-0.4, -0.2) is 49.2 Å². The standard InChI is InChI=1S/C20H24N4O7S/c1-4-23(5-2)32(29,30)18-12-15(11-10-14(18)3)20(26)22-21-19(25)13-31-17-9-7-6-8-16(17)24(27)28/h6-12H,4-5,13H2,1-3H3,(H,21,25)(H,22,26). The lowest BCUT2D eigenvalue weighted by Crippen LogP contribution is -2.44. The van der Waals surface area contributed by atoms with Gasteiger partial charge >= 0.3 is 5.69 Å². The van der Waals surface area contributed by atoms with Gasteiger partial charge in [-0.3, -0.25) is 30.6 Å². The van der Waals surface area contributed by atoms with Gasteiger partial charge in [-0.2, -0.15) is 4.31 Å². The van der Waals surface area contributed by atoms with E-state index in [2.05, 4.69) is 10.9 Å². The van der Waals surface area contributed by atoms with Crippen molar-refractivity contribution in [1.29, 1.82) is 0 Å². The van der Waals surface area contributed by atoms with Crippen molar-refractivity contribution in [2.24, 2.45) is 0 Å². The number of sulfonamides is 1. The number of hydrogen-bond acceptors (Lipinski definition) is 7. The fourth-order valence-corrected chi connectivity index (χ4v) is 4.54. The molecule has 2 rings (SSSR count). The number of para-hydroxylation sites is 2. The van der Waals surface area contributed by atoms with E-state index in [4.69, 9.17) is 4.74 Å². The zero-order chi connectivity index (χ0) is 23.9. The van der Waals surface area contributed by atoms with Gasteiger partial charge in [0.2, 0.25) is 10.0 Å². The van der Waals surface area contributed by atoms with E-state index in [1.807, 2.05) is 0 Å². The number of nitrogens with zero attached hydrogens (tertiary/aromatic N) is 2. The Labute approximate surface area is 185 Å². The zero-order valence-corrected chi connectivity index (χ0v) is 18.6. The summed E-state index contributed by atoms with van der Waals surface area (Å²) < 4.78 is 32.0. The predicted molar refractivity (Wildman–Crippen MR) is 115 cm³/mol. The van der Waals surface area contributed by atoms with Crippen LogP contribution in [0.25, 0.3) is 0 Å². The van der Waals surface area contributed by atoms with E-state index < -0.39 is 33.4 Å². The molecule has 2 aromatic carbocycles. The van der Waals surface area contributed by atoms with Crippen LogP contribution >= 0.6 is 0 Å². The molecule has 0 bridgehead atoms. The Morgan fingerprint density at radius 1 is 1.09 bits per heavy atom. The predicted octanol–water partition coefficient (Wildman–Crippen LogP) is 1.77. The van der Waals surface area contributed by atoms with Gasteiger partial charge in [-0.1, -0.05) is 32.0 Å². The van der Waals surface area contributed by atoms with Gasteiger partial charge in [0.15, 0.2) is 12.4 Å². The van der Waals surface area contributed by atoms with E-state index in [1.165, 1.54) is 46.8 Å². The molecule has 0 heterocycles. The summed E-state index contributed by atoms with van der Waals surface area (Å²) in [6, 6.07) is 9.73. The van der Waals surface area contributed by atoms with E-state index >= 15 is 0 Å². The monoisotopic (exact) mass is 464 g/mol. The number of benzene rings is 2. The Bertz CT molecular complexity index is 1110. The van der Waals surface area contributed by atoms with Crippen molar-refractivity contribution in [2.75, 3.05) is 19.7 Å². The number of carbonyl (C=O) groups is 2. The highest BCUT2D eigenvalue weighted by Crippen LogP contribution is 2.25. The maximum Gasteiger partial charge on any atom is 0.310 e. The fraction of sp³-hybridized carbons (Fsp3) is 0.300. The summed E-state index contributed by atoms with van der Waals surface area (Å²) in [7, 11) is -3.78. The molecular formula is C20H24N4O7S. The van der Waals surface area contributed by atoms with Crippen LogP contribution in [0.3, 0.4) is 0 Å². The molecule has 0 fully saturated rings. The SMILES string of the molecule is CCN(CC)S(=O)(=O)c1cc(C(=O)NNC(=O)COc2ccccc2[N+](=O)[O-])ccc1C. The number of nitrogens with one attached hydrogen (secondary N) is 2. The van der Waals surface area contributed by atoms with Gasteiger partial charge in [-0.05, 0) is 30.7 Å². The highest BCUT2D eigenvalue weighted by molar-refractivity contribution is 7.89. The molecule has 0 aliphatic heterocycles. The van der Waals surface area contributed by atoms with Gasteiger partial charge in [0, 0.05) is 24.7 Å². The third-order valence-electron chi connectivity index (χ3n) is 4.51. The molecule has 0 aliphatic rings. The summed E-state index contributed by atoms with van der Waals surface area (Å²) in [5.41, 5.74) is 4.50. The number of aryl methyl sites for hydroxylation is 1. The Morgan fingerprint density at radius 2 is 1.75 bits per heavy atom. The van der Waals surface area contributed by atoms with Crippen LogP contribution in [0.2, 0.25) is 0 Å². The van der Waals surface area contributed by atoms with Crippen LogP contribution in [0.4, 0.5) is 5.69 Å². The highest BCUT2D eigenvalue weighted by atomic mass is 32.2. The van der Waals surface area contributed by atoms with Crippen LogP contribution in [0, 0.1) is 17.0 Å². The molecular weight excluding hydrogens is 440 g/mol. The first-order chi connectivity index (χ1) is 15.1. The number of nitro benzene ring substituents is 1. The Hall–Kier alpha value is -3.51. The van der Waals surface area contributed by atoms with Crippen molar-refractivity contribution in [3.63, 3.8) is 0 Å². The lowest BCUT2D eigenvalue weighted by atomic mass is 10.1. The number of carbonyl (C=O) groups excluding carboxylic acids is 2. The molecule has 11 nitrogen and oxygen atoms in total. The third kappa shape index (κ3) is 5.80. The first kappa shape index (κ1) is 24.8. The molecule has 0 aromatic heterocycles. The summed E-state index contributed by atoms with van der Waals surface area (Å²) in [4.78, 5) is 34.7. The summed E-state index contributed by atoms with van der Waals surface area (Å²) >= 11 is 0. The van der Waals surface area contributed by atoms with Crippen molar-refractivity contribution in [2.45, 2.75) is 25.7 Å². The summed E-state index contributed by atoms with van der Waals surface area (Å²) in [5.74, 6) is -1.59. The minimum absolute atomic E-state index is 0.0000954. The van der Waals surface area contributed by atoms with Gasteiger partial charge in [-0.15, -0.1) is 0 Å². The molecule has 2 N–H and O–H groups in total. The van der Waals surface area contributed by atoms with Gasteiger partial charge in [0.25, 0.3) is 11.8 Å². The quantitative estimate of drug-likeness (QED) is 0.424. The first-order valence-corrected chi connectivity index (χ1v) is 11.1. The van der Waals surface area contributed by atoms with E-state index in [0.717, 1.165) is 0 Å². The smallest absolute Gasteiger partial charge is 0.310 e. The first-order valence-electron chi connectivity index (χ1n) is 9.68. The van der Waals surface area contributed by atoms with Gasteiger partial charge in [0.1, 0.15) is 0 Å². The van der Waals surface area contributed by atoms with Crippen molar-refractivity contribution in [3.8, 4) is 5.75 Å². The minimum Gasteiger partial charge on any atom is -0.477 e. The number of rotatable bonds is 9. The van der Waals surface area contributed by atoms with Crippen molar-refractivity contribution < 1.29 is 27.7 Å². The number of amides is 2. The second-order valence-corrected chi connectivity index (χ2v) is 8.49. The van der Waals surface area contributed by atoms with Gasteiger partial charge < -0.3 is 4.74 Å². The van der Waals surface area contributed by atoms with Crippen molar-refractivity contribution in [3.05, 3.63) is 63.7 Å². The summed E-state index contributed by atoms with van der Waals surface area (Å²) in [6.07, 6.45) is 0. The van der Waals surface area contributed by atoms with E-state index in [9.17, 15) is 28.1 Å². The van der Waals surface area contributed by atoms with Crippen LogP contribution in [0.1, 0.15) is 29.8 Å². The summed E-state index contributed by atoms with van der Waals surface area (Å²) in [5, 5.41) is 11.0. The third-order valence-corrected chi connectivity index (χ3v) is 6.70. The number of hydrogen-bond donors (Lipinski definition) is 2. The largest absolute Gasteiger partial charge is 0.477 e. The number of hydrazine groups is 1. The molecule has 32 heavy (non-hydrogen) atoms.